The van der Waals surface area contributed by atoms with Crippen LogP contribution in [0.3, 0.4) is 0 Å². The first-order valence-electron chi connectivity index (χ1n) is 12.5. The van der Waals surface area contributed by atoms with Gasteiger partial charge in [-0.3, -0.25) is 14.4 Å². The Morgan fingerprint density at radius 2 is 1.72 bits per heavy atom. The maximum atomic E-state index is 13.4. The molecule has 1 aliphatic heterocycles. The summed E-state index contributed by atoms with van der Waals surface area (Å²) in [6.45, 7) is 6.23. The van der Waals surface area contributed by atoms with Gasteiger partial charge in [-0.25, -0.2) is 4.39 Å². The van der Waals surface area contributed by atoms with Crippen LogP contribution in [-0.2, 0) is 16.1 Å². The number of rotatable bonds is 10. The molecule has 1 N–H and O–H groups in total. The van der Waals surface area contributed by atoms with Gasteiger partial charge in [0.2, 0.25) is 11.8 Å². The predicted octanol–water partition coefficient (Wildman–Crippen LogP) is 5.05. The molecule has 1 aliphatic rings. The third-order valence-electron chi connectivity index (χ3n) is 6.50. The highest BCUT2D eigenvalue weighted by molar-refractivity contribution is 6.25. The van der Waals surface area contributed by atoms with E-state index in [1.165, 1.54) is 12.1 Å². The van der Waals surface area contributed by atoms with Crippen molar-refractivity contribution in [1.29, 1.82) is 0 Å². The Labute approximate surface area is 211 Å². The molecule has 3 aromatic carbocycles. The zero-order valence-corrected chi connectivity index (χ0v) is 21.0. The fourth-order valence-electron chi connectivity index (χ4n) is 4.82. The van der Waals surface area contributed by atoms with Crippen LogP contribution in [0.25, 0.3) is 10.8 Å². The van der Waals surface area contributed by atoms with Crippen molar-refractivity contribution in [3.8, 4) is 0 Å². The van der Waals surface area contributed by atoms with Crippen LogP contribution in [-0.4, -0.2) is 41.2 Å². The van der Waals surface area contributed by atoms with E-state index in [9.17, 15) is 18.8 Å². The van der Waals surface area contributed by atoms with E-state index < -0.39 is 6.04 Å². The maximum absolute atomic E-state index is 13.4. The lowest BCUT2D eigenvalue weighted by Gasteiger charge is -2.31. The van der Waals surface area contributed by atoms with Crippen LogP contribution in [0.4, 0.5) is 10.1 Å². The van der Waals surface area contributed by atoms with Crippen LogP contribution in [0.1, 0.15) is 56.0 Å². The van der Waals surface area contributed by atoms with Crippen LogP contribution in [0.15, 0.2) is 60.7 Å². The molecule has 1 unspecified atom stereocenters. The van der Waals surface area contributed by atoms with Gasteiger partial charge in [-0.05, 0) is 61.9 Å². The normalized spacial score (nSPS) is 13.4. The number of amides is 3. The molecule has 4 rings (SSSR count). The number of halogens is 1. The van der Waals surface area contributed by atoms with Gasteiger partial charge in [-0.1, -0.05) is 43.3 Å². The lowest BCUT2D eigenvalue weighted by atomic mass is 10.1. The molecule has 0 aliphatic carbocycles. The third kappa shape index (κ3) is 5.25. The lowest BCUT2D eigenvalue weighted by Crippen LogP contribution is -2.50. The van der Waals surface area contributed by atoms with Crippen molar-refractivity contribution >= 4 is 34.2 Å². The number of hydrogen-bond donors (Lipinski definition) is 1. The van der Waals surface area contributed by atoms with Crippen molar-refractivity contribution in [2.24, 2.45) is 0 Å². The van der Waals surface area contributed by atoms with E-state index in [0.717, 1.165) is 22.0 Å². The van der Waals surface area contributed by atoms with Crippen molar-refractivity contribution < 1.29 is 18.8 Å². The standard InChI is InChI=1S/C29H32FN3O3/c1-4-24(28(35)31-19(2)3)33(18-20-13-15-22(30)16-14-20)26(34)12-7-17-32-25-11-6-9-21-8-5-10-23(27(21)25)29(32)36/h5-6,8-11,13-16,19,24H,4,7,12,17-18H2,1-3H3,(H,31,35). The number of nitrogens with one attached hydrogen (secondary N) is 1. The zero-order chi connectivity index (χ0) is 25.8. The summed E-state index contributed by atoms with van der Waals surface area (Å²) in [5, 5.41) is 4.87. The van der Waals surface area contributed by atoms with Crippen LogP contribution in [0.5, 0.6) is 0 Å². The molecule has 1 atom stereocenters. The minimum Gasteiger partial charge on any atom is -0.352 e. The van der Waals surface area contributed by atoms with E-state index in [2.05, 4.69) is 5.32 Å². The van der Waals surface area contributed by atoms with Gasteiger partial charge < -0.3 is 15.1 Å². The number of nitrogens with zero attached hydrogens (tertiary/aromatic N) is 2. The SMILES string of the molecule is CCC(C(=O)NC(C)C)N(Cc1ccc(F)cc1)C(=O)CCCN1C(=O)c2cccc3cccc1c23. The quantitative estimate of drug-likeness (QED) is 0.433. The molecule has 0 spiro atoms. The Hall–Kier alpha value is -3.74. The number of carbonyl (C=O) groups is 3. The van der Waals surface area contributed by atoms with E-state index in [0.29, 0.717) is 24.9 Å². The second kappa shape index (κ2) is 10.9. The number of anilines is 1. The molecule has 0 saturated carbocycles. The molecule has 7 heteroatoms. The fourth-order valence-corrected chi connectivity index (χ4v) is 4.82. The summed E-state index contributed by atoms with van der Waals surface area (Å²) in [5.74, 6) is -0.792. The first-order chi connectivity index (χ1) is 17.3. The molecule has 0 fully saturated rings. The molecule has 0 aromatic heterocycles. The van der Waals surface area contributed by atoms with Crippen molar-refractivity contribution in [2.75, 3.05) is 11.4 Å². The van der Waals surface area contributed by atoms with E-state index in [-0.39, 0.29) is 42.5 Å². The van der Waals surface area contributed by atoms with Crippen molar-refractivity contribution in [3.63, 3.8) is 0 Å². The van der Waals surface area contributed by atoms with Crippen LogP contribution >= 0.6 is 0 Å². The topological polar surface area (TPSA) is 69.7 Å². The predicted molar refractivity (Wildman–Crippen MR) is 139 cm³/mol. The lowest BCUT2D eigenvalue weighted by molar-refractivity contribution is -0.141. The molecule has 188 valence electrons. The molecule has 36 heavy (non-hydrogen) atoms. The summed E-state index contributed by atoms with van der Waals surface area (Å²) in [4.78, 5) is 42.7. The van der Waals surface area contributed by atoms with Gasteiger partial charge in [0.15, 0.2) is 0 Å². The summed E-state index contributed by atoms with van der Waals surface area (Å²) in [5.41, 5.74) is 2.30. The maximum Gasteiger partial charge on any atom is 0.258 e. The fraction of sp³-hybridized carbons (Fsp3) is 0.345. The second-order valence-corrected chi connectivity index (χ2v) is 9.48. The summed E-state index contributed by atoms with van der Waals surface area (Å²) in [6.07, 6.45) is 1.09. The highest BCUT2D eigenvalue weighted by atomic mass is 19.1. The van der Waals surface area contributed by atoms with E-state index in [4.69, 9.17) is 0 Å². The van der Waals surface area contributed by atoms with E-state index >= 15 is 0 Å². The Morgan fingerprint density at radius 1 is 1.03 bits per heavy atom. The van der Waals surface area contributed by atoms with Gasteiger partial charge in [-0.15, -0.1) is 0 Å². The number of carbonyl (C=O) groups excluding carboxylic acids is 3. The molecule has 0 saturated heterocycles. The molecular weight excluding hydrogens is 457 g/mol. The van der Waals surface area contributed by atoms with Crippen LogP contribution < -0.4 is 10.2 Å². The minimum atomic E-state index is -0.642. The highest BCUT2D eigenvalue weighted by Crippen LogP contribution is 2.37. The van der Waals surface area contributed by atoms with Gasteiger partial charge in [0.1, 0.15) is 11.9 Å². The van der Waals surface area contributed by atoms with Crippen molar-refractivity contribution in [2.45, 2.75) is 58.7 Å². The molecule has 3 amide bonds. The first kappa shape index (κ1) is 25.4. The molecule has 0 bridgehead atoms. The van der Waals surface area contributed by atoms with Gasteiger partial charge in [0, 0.05) is 36.5 Å². The molecule has 6 nitrogen and oxygen atoms in total. The Kier molecular flexibility index (Phi) is 7.67. The molecule has 1 heterocycles. The summed E-state index contributed by atoms with van der Waals surface area (Å²) < 4.78 is 13.4. The van der Waals surface area contributed by atoms with Gasteiger partial charge in [0.25, 0.3) is 5.91 Å². The van der Waals surface area contributed by atoms with Crippen molar-refractivity contribution in [3.05, 3.63) is 77.6 Å². The minimum absolute atomic E-state index is 0.0554. The average molecular weight is 490 g/mol. The van der Waals surface area contributed by atoms with Crippen LogP contribution in [0.2, 0.25) is 0 Å². The number of hydrogen-bond acceptors (Lipinski definition) is 3. The van der Waals surface area contributed by atoms with Crippen molar-refractivity contribution in [1.82, 2.24) is 10.2 Å². The second-order valence-electron chi connectivity index (χ2n) is 9.48. The van der Waals surface area contributed by atoms with Gasteiger partial charge in [0.05, 0.1) is 5.69 Å². The Balaban J connectivity index is 1.48. The summed E-state index contributed by atoms with van der Waals surface area (Å²) in [7, 11) is 0. The zero-order valence-electron chi connectivity index (χ0n) is 21.0. The third-order valence-corrected chi connectivity index (χ3v) is 6.50. The summed E-state index contributed by atoms with van der Waals surface area (Å²) in [6, 6.07) is 16.8. The van der Waals surface area contributed by atoms with E-state index in [1.54, 1.807) is 21.9 Å². The smallest absolute Gasteiger partial charge is 0.258 e. The average Bonchev–Trinajstić information content (AvgIpc) is 3.12. The highest BCUT2D eigenvalue weighted by Gasteiger charge is 2.31. The Morgan fingerprint density at radius 3 is 2.39 bits per heavy atom. The van der Waals surface area contributed by atoms with Gasteiger partial charge in [-0.2, -0.15) is 0 Å². The summed E-state index contributed by atoms with van der Waals surface area (Å²) >= 11 is 0. The molecular formula is C29H32FN3O3. The van der Waals surface area contributed by atoms with E-state index in [1.807, 2.05) is 57.2 Å². The monoisotopic (exact) mass is 489 g/mol. The number of benzene rings is 3. The first-order valence-corrected chi connectivity index (χ1v) is 12.5. The Bertz CT molecular complexity index is 1270. The molecule has 3 aromatic rings. The van der Waals surface area contributed by atoms with Gasteiger partial charge >= 0.3 is 0 Å². The van der Waals surface area contributed by atoms with Crippen LogP contribution in [0, 0.1) is 5.82 Å². The molecule has 0 radical (unpaired) electrons. The largest absolute Gasteiger partial charge is 0.352 e.